The Morgan fingerprint density at radius 2 is 1.88 bits per heavy atom. The van der Waals surface area contributed by atoms with Gasteiger partial charge in [0.1, 0.15) is 10.8 Å². The lowest BCUT2D eigenvalue weighted by molar-refractivity contribution is -0.0374. The molecule has 0 aromatic carbocycles. The third kappa shape index (κ3) is 2.11. The van der Waals surface area contributed by atoms with Crippen LogP contribution in [-0.4, -0.2) is 9.72 Å². The fourth-order valence-electron chi connectivity index (χ4n) is 0.0945. The molecule has 0 aromatic rings. The predicted octanol–water partition coefficient (Wildman–Crippen LogP) is 1.40. The minimum atomic E-state index is -4.64. The van der Waals surface area contributed by atoms with Gasteiger partial charge in [-0.1, -0.05) is 6.58 Å². The van der Waals surface area contributed by atoms with Gasteiger partial charge >= 0.3 is 5.51 Å². The second kappa shape index (κ2) is 2.30. The first-order chi connectivity index (χ1) is 3.48. The van der Waals surface area contributed by atoms with Crippen molar-refractivity contribution in [2.75, 3.05) is 0 Å². The molecule has 8 heavy (non-hydrogen) atoms. The van der Waals surface area contributed by atoms with Crippen molar-refractivity contribution in [1.82, 2.24) is 0 Å². The third-order valence-electron chi connectivity index (χ3n) is 0.379. The lowest BCUT2D eigenvalue weighted by atomic mass is 11.3. The third-order valence-corrected chi connectivity index (χ3v) is 1.14. The number of hydrogen-bond acceptors (Lipinski definition) is 1. The lowest BCUT2D eigenvalue weighted by Gasteiger charge is -1.97. The summed E-state index contributed by atoms with van der Waals surface area (Å²) in [7, 11) is -2.88. The highest BCUT2D eigenvalue weighted by molar-refractivity contribution is 7.88. The quantitative estimate of drug-likeness (QED) is 0.543. The van der Waals surface area contributed by atoms with Gasteiger partial charge in [0.25, 0.3) is 0 Å². The highest BCUT2D eigenvalue weighted by Crippen LogP contribution is 2.19. The van der Waals surface area contributed by atoms with Crippen LogP contribution in [0.3, 0.4) is 0 Å². The summed E-state index contributed by atoms with van der Waals surface area (Å²) in [5.74, 6) is 0. The van der Waals surface area contributed by atoms with Crippen LogP contribution in [0.5, 0.6) is 0 Å². The van der Waals surface area contributed by atoms with Crippen LogP contribution >= 0.6 is 0 Å². The van der Waals surface area contributed by atoms with Gasteiger partial charge in [0, 0.05) is 5.41 Å². The topological polar surface area (TPSA) is 17.1 Å². The highest BCUT2D eigenvalue weighted by atomic mass is 32.2. The minimum absolute atomic E-state index is 0.347. The molecule has 48 valence electrons. The smallest absolute Gasteiger partial charge is 0.246 e. The zero-order valence-corrected chi connectivity index (χ0v) is 4.55. The van der Waals surface area contributed by atoms with Crippen molar-refractivity contribution >= 4 is 10.8 Å². The van der Waals surface area contributed by atoms with Crippen molar-refractivity contribution in [3.63, 3.8) is 0 Å². The molecule has 0 saturated carbocycles. The van der Waals surface area contributed by atoms with Crippen LogP contribution < -0.4 is 0 Å². The summed E-state index contributed by atoms with van der Waals surface area (Å²) in [5.41, 5.74) is -4.64. The maximum absolute atomic E-state index is 11.1. The molecule has 0 aliphatic rings. The second-order valence-electron chi connectivity index (χ2n) is 0.910. The average Bonchev–Trinajstić information content (AvgIpc) is 1.62. The molecule has 5 heteroatoms. The van der Waals surface area contributed by atoms with E-state index in [0.717, 1.165) is 0 Å². The van der Waals surface area contributed by atoms with E-state index >= 15 is 0 Å². The van der Waals surface area contributed by atoms with Gasteiger partial charge in [0.05, 0.1) is 0 Å². The van der Waals surface area contributed by atoms with Gasteiger partial charge in [-0.2, -0.15) is 13.2 Å². The summed E-state index contributed by atoms with van der Waals surface area (Å²) in [6.07, 6.45) is 0. The fraction of sp³-hybridized carbons (Fsp3) is 0.333. The summed E-state index contributed by atoms with van der Waals surface area (Å²) in [4.78, 5) is 0. The van der Waals surface area contributed by atoms with Gasteiger partial charge in [0.2, 0.25) is 0 Å². The maximum Gasteiger partial charge on any atom is 0.475 e. The van der Waals surface area contributed by atoms with Crippen LogP contribution in [-0.2, 0) is 10.8 Å². The van der Waals surface area contributed by atoms with Crippen molar-refractivity contribution in [3.05, 3.63) is 12.0 Å². The first-order valence-corrected chi connectivity index (χ1v) is 2.79. The molecule has 1 nitrogen and oxygen atoms in total. The van der Waals surface area contributed by atoms with Crippen LogP contribution in [0.2, 0.25) is 0 Å². The van der Waals surface area contributed by atoms with E-state index in [1.54, 1.807) is 0 Å². The SMILES string of the molecule is C=CS(=O)C(F)(F)F. The van der Waals surface area contributed by atoms with Gasteiger partial charge in [-0.15, -0.1) is 0 Å². The van der Waals surface area contributed by atoms with Crippen molar-refractivity contribution in [3.8, 4) is 0 Å². The molecular formula is C3H3F3OS. The molecule has 0 bridgehead atoms. The zero-order chi connectivity index (χ0) is 6.78. The summed E-state index contributed by atoms with van der Waals surface area (Å²) >= 11 is 0. The lowest BCUT2D eigenvalue weighted by Crippen LogP contribution is -2.12. The van der Waals surface area contributed by atoms with Crippen LogP contribution in [0.25, 0.3) is 0 Å². The van der Waals surface area contributed by atoms with Gasteiger partial charge in [-0.3, -0.25) is 0 Å². The first kappa shape index (κ1) is 7.68. The van der Waals surface area contributed by atoms with Gasteiger partial charge < -0.3 is 0 Å². The second-order valence-corrected chi connectivity index (χ2v) is 2.30. The largest absolute Gasteiger partial charge is 0.475 e. The van der Waals surface area contributed by atoms with Crippen molar-refractivity contribution < 1.29 is 17.4 Å². The van der Waals surface area contributed by atoms with Crippen LogP contribution in [0, 0.1) is 0 Å². The fourth-order valence-corrected chi connectivity index (χ4v) is 0.283. The van der Waals surface area contributed by atoms with Gasteiger partial charge in [-0.25, -0.2) is 4.21 Å². The van der Waals surface area contributed by atoms with Crippen LogP contribution in [0.1, 0.15) is 0 Å². The Hall–Kier alpha value is -0.320. The highest BCUT2D eigenvalue weighted by Gasteiger charge is 2.34. The Bertz CT molecular complexity index is 116. The Labute approximate surface area is 46.7 Å². The molecule has 1 unspecified atom stereocenters. The number of hydrogen-bond donors (Lipinski definition) is 0. The summed E-state index contributed by atoms with van der Waals surface area (Å²) in [5, 5.41) is 0.347. The number of halogens is 3. The first-order valence-electron chi connectivity index (χ1n) is 1.58. The van der Waals surface area contributed by atoms with Gasteiger partial charge in [0.15, 0.2) is 0 Å². The summed E-state index contributed by atoms with van der Waals surface area (Å²) in [6, 6.07) is 0. The number of rotatable bonds is 1. The van der Waals surface area contributed by atoms with Crippen molar-refractivity contribution in [2.24, 2.45) is 0 Å². The van der Waals surface area contributed by atoms with Crippen molar-refractivity contribution in [2.45, 2.75) is 5.51 Å². The molecule has 0 heterocycles. The van der Waals surface area contributed by atoms with E-state index in [2.05, 4.69) is 6.58 Å². The predicted molar refractivity (Wildman–Crippen MR) is 24.4 cm³/mol. The van der Waals surface area contributed by atoms with E-state index in [1.165, 1.54) is 0 Å². The van der Waals surface area contributed by atoms with E-state index in [0.29, 0.717) is 5.41 Å². The summed E-state index contributed by atoms with van der Waals surface area (Å²) < 4.78 is 42.9. The molecule has 0 radical (unpaired) electrons. The van der Waals surface area contributed by atoms with Gasteiger partial charge in [-0.05, 0) is 0 Å². The molecule has 0 aromatic heterocycles. The monoisotopic (exact) mass is 144 g/mol. The zero-order valence-electron chi connectivity index (χ0n) is 3.73. The Morgan fingerprint density at radius 1 is 1.50 bits per heavy atom. The summed E-state index contributed by atoms with van der Waals surface area (Å²) in [6.45, 7) is 2.71. The molecule has 0 fully saturated rings. The molecular weight excluding hydrogens is 141 g/mol. The average molecular weight is 144 g/mol. The van der Waals surface area contributed by atoms with Crippen LogP contribution in [0.15, 0.2) is 12.0 Å². The van der Waals surface area contributed by atoms with E-state index in [-0.39, 0.29) is 0 Å². The number of alkyl halides is 3. The molecule has 0 aliphatic heterocycles. The van der Waals surface area contributed by atoms with E-state index in [9.17, 15) is 17.4 Å². The standard InChI is InChI=1S/C3H3F3OS/c1-2-8(7)3(4,5)6/h2H,1H2. The molecule has 0 spiro atoms. The molecule has 0 rings (SSSR count). The van der Waals surface area contributed by atoms with E-state index in [1.807, 2.05) is 0 Å². The van der Waals surface area contributed by atoms with Crippen LogP contribution in [0.4, 0.5) is 13.2 Å². The molecule has 1 atom stereocenters. The normalized spacial score (nSPS) is 15.4. The Morgan fingerprint density at radius 3 is 1.88 bits per heavy atom. The Kier molecular flexibility index (Phi) is 2.21. The molecule has 0 saturated heterocycles. The van der Waals surface area contributed by atoms with Crippen molar-refractivity contribution in [1.29, 1.82) is 0 Å². The molecule has 0 aliphatic carbocycles. The Balaban J connectivity index is 4.02. The van der Waals surface area contributed by atoms with E-state index in [4.69, 9.17) is 0 Å². The van der Waals surface area contributed by atoms with E-state index < -0.39 is 16.3 Å². The molecule has 0 amide bonds. The minimum Gasteiger partial charge on any atom is -0.246 e. The maximum atomic E-state index is 11.1. The molecule has 0 N–H and O–H groups in total.